The Morgan fingerprint density at radius 2 is 1.48 bits per heavy atom. The van der Waals surface area contributed by atoms with Gasteiger partial charge in [-0.05, 0) is 77.4 Å². The largest absolute Gasteiger partial charge is 0.496 e. The Labute approximate surface area is 261 Å². The summed E-state index contributed by atoms with van der Waals surface area (Å²) in [6, 6.07) is 25.0. The summed E-state index contributed by atoms with van der Waals surface area (Å²) in [4.78, 5) is 2.19. The van der Waals surface area contributed by atoms with Crippen molar-refractivity contribution >= 4 is 0 Å². The van der Waals surface area contributed by atoms with Crippen LogP contribution in [0.4, 0.5) is 0 Å². The van der Waals surface area contributed by atoms with Crippen molar-refractivity contribution in [3.05, 3.63) is 112 Å². The van der Waals surface area contributed by atoms with Crippen LogP contribution in [0.2, 0.25) is 0 Å². The average Bonchev–Trinajstić information content (AvgIpc) is 3.01. The highest BCUT2D eigenvalue weighted by atomic mass is 16.5. The SMILES string of the molecule is COc1cc(OCc2cccc(-c3cccc(COc4ccc(CNCCO)cc4C)c3C)c2C)ccc1CN1CC(O)C1. The number of β-amino-alcohol motifs (C(OH)–C–C–N with tert-alkyl or cyclic N) is 1. The van der Waals surface area contributed by atoms with Gasteiger partial charge in [-0.15, -0.1) is 0 Å². The molecule has 0 atom stereocenters. The normalized spacial score (nSPS) is 13.5. The fourth-order valence-corrected chi connectivity index (χ4v) is 5.73. The molecular formula is C37H44N2O5. The van der Waals surface area contributed by atoms with Crippen LogP contribution in [0.15, 0.2) is 72.8 Å². The van der Waals surface area contributed by atoms with Crippen LogP contribution in [-0.2, 0) is 26.3 Å². The van der Waals surface area contributed by atoms with Gasteiger partial charge in [-0.1, -0.05) is 54.6 Å². The third kappa shape index (κ3) is 7.60. The van der Waals surface area contributed by atoms with Gasteiger partial charge in [0.15, 0.2) is 0 Å². The highest BCUT2D eigenvalue weighted by Crippen LogP contribution is 2.32. The maximum atomic E-state index is 9.59. The summed E-state index contributed by atoms with van der Waals surface area (Å²) < 4.78 is 18.2. The topological polar surface area (TPSA) is 83.4 Å². The van der Waals surface area contributed by atoms with Gasteiger partial charge in [0, 0.05) is 44.4 Å². The van der Waals surface area contributed by atoms with Crippen molar-refractivity contribution in [3.8, 4) is 28.4 Å². The molecule has 0 saturated carbocycles. The van der Waals surface area contributed by atoms with E-state index in [0.29, 0.717) is 32.8 Å². The van der Waals surface area contributed by atoms with Gasteiger partial charge in [0.1, 0.15) is 30.5 Å². The van der Waals surface area contributed by atoms with E-state index in [1.165, 1.54) is 27.8 Å². The van der Waals surface area contributed by atoms with E-state index in [4.69, 9.17) is 19.3 Å². The predicted molar refractivity (Wildman–Crippen MR) is 174 cm³/mol. The molecule has 7 heteroatoms. The zero-order valence-electron chi connectivity index (χ0n) is 26.2. The van der Waals surface area contributed by atoms with Crippen LogP contribution < -0.4 is 19.5 Å². The molecule has 0 radical (unpaired) electrons. The maximum Gasteiger partial charge on any atom is 0.127 e. The molecule has 0 bridgehead atoms. The number of ether oxygens (including phenoxy) is 3. The van der Waals surface area contributed by atoms with E-state index in [2.05, 4.69) is 79.5 Å². The van der Waals surface area contributed by atoms with Crippen LogP contribution in [0.5, 0.6) is 17.2 Å². The van der Waals surface area contributed by atoms with Crippen molar-refractivity contribution in [2.24, 2.45) is 0 Å². The molecule has 0 amide bonds. The molecule has 7 nitrogen and oxygen atoms in total. The Morgan fingerprint density at radius 3 is 2.09 bits per heavy atom. The molecular weight excluding hydrogens is 552 g/mol. The lowest BCUT2D eigenvalue weighted by molar-refractivity contribution is -0.00323. The van der Waals surface area contributed by atoms with Gasteiger partial charge < -0.3 is 29.7 Å². The van der Waals surface area contributed by atoms with Crippen molar-refractivity contribution in [2.45, 2.75) is 53.2 Å². The van der Waals surface area contributed by atoms with Crippen LogP contribution >= 0.6 is 0 Å². The van der Waals surface area contributed by atoms with Gasteiger partial charge >= 0.3 is 0 Å². The maximum absolute atomic E-state index is 9.59. The molecule has 1 saturated heterocycles. The number of methoxy groups -OCH3 is 1. The number of nitrogens with one attached hydrogen (secondary N) is 1. The Balaban J connectivity index is 1.25. The third-order valence-corrected chi connectivity index (χ3v) is 8.41. The molecule has 4 aromatic rings. The number of aryl methyl sites for hydroxylation is 1. The van der Waals surface area contributed by atoms with Crippen molar-refractivity contribution in [2.75, 3.05) is 33.4 Å². The summed E-state index contributed by atoms with van der Waals surface area (Å²) >= 11 is 0. The van der Waals surface area contributed by atoms with Crippen molar-refractivity contribution < 1.29 is 24.4 Å². The fourth-order valence-electron chi connectivity index (χ4n) is 5.73. The monoisotopic (exact) mass is 596 g/mol. The van der Waals surface area contributed by atoms with Gasteiger partial charge in [0.2, 0.25) is 0 Å². The zero-order valence-corrected chi connectivity index (χ0v) is 26.2. The van der Waals surface area contributed by atoms with E-state index in [1.807, 2.05) is 24.3 Å². The van der Waals surface area contributed by atoms with Gasteiger partial charge in [0.05, 0.1) is 19.8 Å². The lowest BCUT2D eigenvalue weighted by Crippen LogP contribution is -2.49. The van der Waals surface area contributed by atoms with Crippen molar-refractivity contribution in [1.29, 1.82) is 0 Å². The molecule has 1 heterocycles. The molecule has 0 aliphatic carbocycles. The zero-order chi connectivity index (χ0) is 31.1. The number of benzene rings is 4. The van der Waals surface area contributed by atoms with Crippen molar-refractivity contribution in [1.82, 2.24) is 10.2 Å². The standard InChI is InChI=1S/C37H44N2O5/c1-25-17-28(19-38-15-16-40)11-14-36(25)44-24-31-8-6-10-35(27(31)3)34-9-5-7-30(26(34)2)23-43-33-13-12-29(37(18-33)42-4)20-39-21-32(41)22-39/h5-14,17-18,32,38,40-41H,15-16,19-24H2,1-4H3. The van der Waals surface area contributed by atoms with E-state index in [1.54, 1.807) is 7.11 Å². The lowest BCUT2D eigenvalue weighted by atomic mass is 9.92. The van der Waals surface area contributed by atoms with Gasteiger partial charge in [-0.2, -0.15) is 0 Å². The molecule has 0 unspecified atom stereocenters. The molecule has 1 aliphatic heterocycles. The average molecular weight is 597 g/mol. The molecule has 1 aliphatic rings. The second-order valence-electron chi connectivity index (χ2n) is 11.6. The minimum absolute atomic E-state index is 0.132. The summed E-state index contributed by atoms with van der Waals surface area (Å²) in [6.07, 6.45) is -0.221. The molecule has 1 fully saturated rings. The Bertz CT molecular complexity index is 1560. The second-order valence-corrected chi connectivity index (χ2v) is 11.6. The molecule has 0 spiro atoms. The lowest BCUT2D eigenvalue weighted by Gasteiger charge is -2.36. The summed E-state index contributed by atoms with van der Waals surface area (Å²) in [7, 11) is 1.68. The van der Waals surface area contributed by atoms with Crippen LogP contribution in [-0.4, -0.2) is 54.6 Å². The van der Waals surface area contributed by atoms with Gasteiger partial charge in [-0.25, -0.2) is 0 Å². The number of hydrogen-bond donors (Lipinski definition) is 3. The number of hydrogen-bond acceptors (Lipinski definition) is 7. The van der Waals surface area contributed by atoms with Gasteiger partial charge in [0.25, 0.3) is 0 Å². The number of likely N-dealkylation sites (tertiary alicyclic amines) is 1. The summed E-state index contributed by atoms with van der Waals surface area (Å²) in [5, 5.41) is 21.8. The molecule has 3 N–H and O–H groups in total. The summed E-state index contributed by atoms with van der Waals surface area (Å²) in [6.45, 7) is 10.9. The first-order chi connectivity index (χ1) is 21.4. The van der Waals surface area contributed by atoms with Crippen LogP contribution in [0, 0.1) is 20.8 Å². The van der Waals surface area contributed by atoms with E-state index in [9.17, 15) is 5.11 Å². The second kappa shape index (κ2) is 14.7. The van der Waals surface area contributed by atoms with Crippen molar-refractivity contribution in [3.63, 3.8) is 0 Å². The Kier molecular flexibility index (Phi) is 10.6. The summed E-state index contributed by atoms with van der Waals surface area (Å²) in [5.74, 6) is 2.43. The first kappa shape index (κ1) is 31.5. The molecule has 5 rings (SSSR count). The molecule has 44 heavy (non-hydrogen) atoms. The number of nitrogens with zero attached hydrogens (tertiary/aromatic N) is 1. The number of rotatable bonds is 14. The summed E-state index contributed by atoms with van der Waals surface area (Å²) in [5.41, 5.74) is 10.4. The van der Waals surface area contributed by atoms with E-state index >= 15 is 0 Å². The van der Waals surface area contributed by atoms with E-state index in [-0.39, 0.29) is 12.7 Å². The van der Waals surface area contributed by atoms with E-state index < -0.39 is 0 Å². The highest BCUT2D eigenvalue weighted by molar-refractivity contribution is 5.72. The van der Waals surface area contributed by atoms with Crippen LogP contribution in [0.25, 0.3) is 11.1 Å². The Morgan fingerprint density at radius 1 is 0.795 bits per heavy atom. The molecule has 232 valence electrons. The third-order valence-electron chi connectivity index (χ3n) is 8.41. The minimum atomic E-state index is -0.221. The molecule has 4 aromatic carbocycles. The number of aliphatic hydroxyl groups is 2. The first-order valence-electron chi connectivity index (χ1n) is 15.3. The Hall–Kier alpha value is -3.88. The number of aliphatic hydroxyl groups excluding tert-OH is 2. The smallest absolute Gasteiger partial charge is 0.127 e. The van der Waals surface area contributed by atoms with Crippen LogP contribution in [0.3, 0.4) is 0 Å². The van der Waals surface area contributed by atoms with Gasteiger partial charge in [-0.3, -0.25) is 4.90 Å². The van der Waals surface area contributed by atoms with E-state index in [0.717, 1.165) is 52.6 Å². The first-order valence-corrected chi connectivity index (χ1v) is 15.3. The minimum Gasteiger partial charge on any atom is -0.496 e. The highest BCUT2D eigenvalue weighted by Gasteiger charge is 2.25. The predicted octanol–water partition coefficient (Wildman–Crippen LogP) is 5.70. The fraction of sp³-hybridized carbons (Fsp3) is 0.351. The molecule has 0 aromatic heterocycles. The van der Waals surface area contributed by atoms with Crippen LogP contribution in [0.1, 0.15) is 38.9 Å². The quantitative estimate of drug-likeness (QED) is 0.161.